The van der Waals surface area contributed by atoms with Crippen LogP contribution < -0.4 is 11.1 Å². The molecule has 5 rings (SSSR count). The van der Waals surface area contributed by atoms with Crippen molar-refractivity contribution in [2.24, 2.45) is 0 Å². The number of carbonyl (C=O) groups is 2. The van der Waals surface area contributed by atoms with E-state index < -0.39 is 5.91 Å². The molecule has 1 aromatic carbocycles. The number of nitrogens with two attached hydrogens (primary N) is 1. The molecule has 3 aromatic heterocycles. The normalized spacial score (nSPS) is 15.3. The fourth-order valence-corrected chi connectivity index (χ4v) is 4.27. The minimum absolute atomic E-state index is 0.279. The first kappa shape index (κ1) is 21.1. The van der Waals surface area contributed by atoms with Gasteiger partial charge in [0.15, 0.2) is 6.07 Å². The van der Waals surface area contributed by atoms with Gasteiger partial charge >= 0.3 is 5.91 Å². The molecule has 2 amide bonds. The highest BCUT2D eigenvalue weighted by molar-refractivity contribution is 6.04. The number of amides is 2. The average Bonchev–Trinajstić information content (AvgIpc) is 3.50. The first-order chi connectivity index (χ1) is 16.6. The number of aromatic nitrogens is 4. The molecule has 1 fully saturated rings. The molecule has 168 valence electrons. The zero-order valence-corrected chi connectivity index (χ0v) is 18.0. The van der Waals surface area contributed by atoms with Crippen LogP contribution in [0.3, 0.4) is 0 Å². The molecule has 0 unspecified atom stereocenters. The number of benzene rings is 1. The molecule has 10 heteroatoms. The Bertz CT molecular complexity index is 1420. The molecule has 1 aliphatic rings. The predicted molar refractivity (Wildman–Crippen MR) is 124 cm³/mol. The van der Waals surface area contributed by atoms with Crippen LogP contribution in [0.1, 0.15) is 35.1 Å². The Kier molecular flexibility index (Phi) is 5.35. The number of nitrogen functional groups attached to an aromatic ring is 1. The van der Waals surface area contributed by atoms with Crippen molar-refractivity contribution in [3.8, 4) is 17.3 Å². The lowest BCUT2D eigenvalue weighted by atomic mass is 10.1. The van der Waals surface area contributed by atoms with Crippen molar-refractivity contribution in [1.82, 2.24) is 24.3 Å². The molecule has 3 N–H and O–H groups in total. The van der Waals surface area contributed by atoms with E-state index in [1.807, 2.05) is 4.40 Å². The van der Waals surface area contributed by atoms with Gasteiger partial charge in [0.2, 0.25) is 0 Å². The molecule has 34 heavy (non-hydrogen) atoms. The molecule has 1 saturated heterocycles. The molecule has 0 bridgehead atoms. The summed E-state index contributed by atoms with van der Waals surface area (Å²) >= 11 is 0. The Morgan fingerprint density at radius 1 is 1.12 bits per heavy atom. The van der Waals surface area contributed by atoms with E-state index in [1.165, 1.54) is 0 Å². The molecule has 1 atom stereocenters. The highest BCUT2D eigenvalue weighted by Crippen LogP contribution is 2.36. The van der Waals surface area contributed by atoms with Gasteiger partial charge in [0, 0.05) is 36.3 Å². The maximum atomic E-state index is 12.6. The quantitative estimate of drug-likeness (QED) is 0.453. The van der Waals surface area contributed by atoms with Gasteiger partial charge in [-0.05, 0) is 37.1 Å². The third-order valence-electron chi connectivity index (χ3n) is 5.84. The van der Waals surface area contributed by atoms with Crippen molar-refractivity contribution in [2.45, 2.75) is 18.9 Å². The lowest BCUT2D eigenvalue weighted by Gasteiger charge is -2.20. The van der Waals surface area contributed by atoms with Crippen molar-refractivity contribution in [3.63, 3.8) is 0 Å². The van der Waals surface area contributed by atoms with Crippen LogP contribution in [0, 0.1) is 11.3 Å². The van der Waals surface area contributed by atoms with Crippen molar-refractivity contribution in [3.05, 3.63) is 72.4 Å². The Balaban J connectivity index is 1.51. The molecular formula is C24H20N8O2. The maximum absolute atomic E-state index is 12.6. The van der Waals surface area contributed by atoms with E-state index in [-0.39, 0.29) is 11.9 Å². The number of hydrogen-bond donors (Lipinski definition) is 2. The topological polar surface area (TPSA) is 142 Å². The first-order valence-electron chi connectivity index (χ1n) is 10.7. The number of imidazole rings is 1. The largest absolute Gasteiger partial charge is 0.382 e. The molecule has 10 nitrogen and oxygen atoms in total. The van der Waals surface area contributed by atoms with E-state index in [0.717, 1.165) is 12.0 Å². The zero-order chi connectivity index (χ0) is 23.7. The van der Waals surface area contributed by atoms with E-state index >= 15 is 0 Å². The summed E-state index contributed by atoms with van der Waals surface area (Å²) in [6, 6.07) is 13.6. The predicted octanol–water partition coefficient (Wildman–Crippen LogP) is 2.81. The van der Waals surface area contributed by atoms with Crippen LogP contribution in [0.25, 0.3) is 16.8 Å². The monoisotopic (exact) mass is 452 g/mol. The van der Waals surface area contributed by atoms with Crippen LogP contribution in [0.5, 0.6) is 0 Å². The number of nitrogens with zero attached hydrogens (tertiary/aromatic N) is 6. The first-order valence-corrected chi connectivity index (χ1v) is 10.7. The lowest BCUT2D eigenvalue weighted by molar-refractivity contribution is -0.126. The van der Waals surface area contributed by atoms with Crippen LogP contribution in [-0.2, 0) is 4.79 Å². The maximum Gasteiger partial charge on any atom is 0.325 e. The molecule has 4 heterocycles. The summed E-state index contributed by atoms with van der Waals surface area (Å²) in [5, 5.41) is 11.9. The van der Waals surface area contributed by atoms with E-state index in [9.17, 15) is 9.59 Å². The summed E-state index contributed by atoms with van der Waals surface area (Å²) in [5.41, 5.74) is 8.63. The number of likely N-dealkylation sites (tertiary alicyclic amines) is 1. The second-order valence-corrected chi connectivity index (χ2v) is 7.86. The third kappa shape index (κ3) is 3.69. The van der Waals surface area contributed by atoms with Crippen molar-refractivity contribution < 1.29 is 9.59 Å². The van der Waals surface area contributed by atoms with Gasteiger partial charge < -0.3 is 16.0 Å². The summed E-state index contributed by atoms with van der Waals surface area (Å²) in [5.74, 6) is 0.527. The van der Waals surface area contributed by atoms with Gasteiger partial charge in [0.05, 0.1) is 6.04 Å². The molecule has 0 aliphatic carbocycles. The van der Waals surface area contributed by atoms with Gasteiger partial charge in [0.25, 0.3) is 5.91 Å². The number of nitriles is 1. The summed E-state index contributed by atoms with van der Waals surface area (Å²) < 4.78 is 1.83. The van der Waals surface area contributed by atoms with Gasteiger partial charge in [-0.3, -0.25) is 14.0 Å². The number of nitrogens with one attached hydrogen (secondary N) is 1. The minimum atomic E-state index is -0.578. The molecule has 0 radical (unpaired) electrons. The number of rotatable bonds is 4. The number of anilines is 2. The zero-order valence-electron chi connectivity index (χ0n) is 18.0. The second-order valence-electron chi connectivity index (χ2n) is 7.86. The molecule has 0 saturated carbocycles. The van der Waals surface area contributed by atoms with Crippen molar-refractivity contribution in [2.75, 3.05) is 17.6 Å². The Labute approximate surface area is 194 Å². The van der Waals surface area contributed by atoms with Crippen molar-refractivity contribution in [1.29, 1.82) is 5.26 Å². The lowest BCUT2D eigenvalue weighted by Crippen LogP contribution is -2.30. The number of pyridine rings is 1. The molecule has 1 aliphatic heterocycles. The standard InChI is InChI=1S/C24H20N8O2/c25-14-19(33)31-12-3-4-17(31)23-30-20(21-22(26)28-11-13-32(21)23)15-6-8-16(9-7-15)24(34)29-18-5-1-2-10-27-18/h1-2,5-11,13,17H,3-4,12H2,(H2,26,28)(H,27,29,34)/t17-/m0/s1. The molecule has 0 spiro atoms. The van der Waals surface area contributed by atoms with Gasteiger partial charge in [0.1, 0.15) is 28.7 Å². The minimum Gasteiger partial charge on any atom is -0.382 e. The van der Waals surface area contributed by atoms with Crippen LogP contribution in [0.15, 0.2) is 61.1 Å². The summed E-state index contributed by atoms with van der Waals surface area (Å²) in [6.07, 6.45) is 6.41. The van der Waals surface area contributed by atoms with Crippen LogP contribution in [0.2, 0.25) is 0 Å². The van der Waals surface area contributed by atoms with Crippen molar-refractivity contribution >= 4 is 29.0 Å². The van der Waals surface area contributed by atoms with Crippen LogP contribution in [-0.4, -0.2) is 42.6 Å². The summed E-state index contributed by atoms with van der Waals surface area (Å²) in [6.45, 7) is 0.502. The van der Waals surface area contributed by atoms with Gasteiger partial charge in [-0.1, -0.05) is 18.2 Å². The van der Waals surface area contributed by atoms with Gasteiger partial charge in [-0.25, -0.2) is 15.0 Å². The van der Waals surface area contributed by atoms with E-state index in [1.54, 1.807) is 72.0 Å². The Hall–Kier alpha value is -4.78. The Morgan fingerprint density at radius 2 is 1.94 bits per heavy atom. The SMILES string of the molecule is N#CC(=O)N1CCC[C@H]1c1nc(-c2ccc(C(=O)Nc3ccccn3)cc2)c2c(N)nccn12. The van der Waals surface area contributed by atoms with Gasteiger partial charge in [-0.15, -0.1) is 0 Å². The second kappa shape index (κ2) is 8.63. The fraction of sp³-hybridized carbons (Fsp3) is 0.167. The number of hydrogen-bond acceptors (Lipinski definition) is 7. The van der Waals surface area contributed by atoms with Gasteiger partial charge in [-0.2, -0.15) is 5.26 Å². The van der Waals surface area contributed by atoms with E-state index in [4.69, 9.17) is 16.0 Å². The molecular weight excluding hydrogens is 432 g/mol. The fourth-order valence-electron chi connectivity index (χ4n) is 4.27. The summed E-state index contributed by atoms with van der Waals surface area (Å²) in [7, 11) is 0. The highest BCUT2D eigenvalue weighted by Gasteiger charge is 2.34. The highest BCUT2D eigenvalue weighted by atomic mass is 16.2. The van der Waals surface area contributed by atoms with E-state index in [2.05, 4.69) is 15.3 Å². The van der Waals surface area contributed by atoms with Crippen LogP contribution >= 0.6 is 0 Å². The Morgan fingerprint density at radius 3 is 2.68 bits per heavy atom. The average molecular weight is 452 g/mol. The number of fused-ring (bicyclic) bond motifs is 1. The van der Waals surface area contributed by atoms with Crippen LogP contribution in [0.4, 0.5) is 11.6 Å². The molecule has 4 aromatic rings. The summed E-state index contributed by atoms with van der Waals surface area (Å²) in [4.78, 5) is 39.4. The van der Waals surface area contributed by atoms with E-state index in [0.29, 0.717) is 47.2 Å². The number of carbonyl (C=O) groups excluding carboxylic acids is 2. The third-order valence-corrected chi connectivity index (χ3v) is 5.84. The smallest absolute Gasteiger partial charge is 0.325 e.